The van der Waals surface area contributed by atoms with Gasteiger partial charge in [0.05, 0.1) is 5.60 Å². The lowest BCUT2D eigenvalue weighted by Gasteiger charge is -2.44. The first-order valence-corrected chi connectivity index (χ1v) is 7.46. The Labute approximate surface area is 117 Å². The Bertz CT molecular complexity index is 378. The van der Waals surface area contributed by atoms with Crippen molar-refractivity contribution < 1.29 is 4.74 Å². The van der Waals surface area contributed by atoms with Crippen LogP contribution in [-0.4, -0.2) is 25.8 Å². The summed E-state index contributed by atoms with van der Waals surface area (Å²) in [7, 11) is 3.95. The van der Waals surface area contributed by atoms with E-state index in [9.17, 15) is 0 Å². The SMILES string of the molecule is CNC(Cc1ccccc1)C1(OC)CCCC(C)C1. The van der Waals surface area contributed by atoms with Gasteiger partial charge in [-0.3, -0.25) is 0 Å². The van der Waals surface area contributed by atoms with E-state index in [0.29, 0.717) is 6.04 Å². The van der Waals surface area contributed by atoms with Crippen molar-refractivity contribution in [1.82, 2.24) is 5.32 Å². The molecular formula is C17H27NO. The molecule has 0 aliphatic heterocycles. The Hall–Kier alpha value is -0.860. The molecule has 19 heavy (non-hydrogen) atoms. The third-order valence-electron chi connectivity index (χ3n) is 4.66. The van der Waals surface area contributed by atoms with Crippen LogP contribution in [0, 0.1) is 5.92 Å². The lowest BCUT2D eigenvalue weighted by Crippen LogP contribution is -2.54. The Morgan fingerprint density at radius 1 is 1.37 bits per heavy atom. The van der Waals surface area contributed by atoms with Crippen molar-refractivity contribution >= 4 is 0 Å². The molecule has 1 aliphatic carbocycles. The molecule has 0 heterocycles. The molecule has 0 spiro atoms. The number of hydrogen-bond acceptors (Lipinski definition) is 2. The summed E-state index contributed by atoms with van der Waals surface area (Å²) in [6.07, 6.45) is 6.00. The molecular weight excluding hydrogens is 234 g/mol. The Morgan fingerprint density at radius 3 is 2.68 bits per heavy atom. The normalized spacial score (nSPS) is 29.1. The fourth-order valence-electron chi connectivity index (χ4n) is 3.59. The first kappa shape index (κ1) is 14.5. The predicted molar refractivity (Wildman–Crippen MR) is 80.4 cm³/mol. The predicted octanol–water partition coefficient (Wildman–Crippen LogP) is 3.41. The van der Waals surface area contributed by atoms with Crippen LogP contribution in [0.25, 0.3) is 0 Å². The van der Waals surface area contributed by atoms with Crippen molar-refractivity contribution in [2.45, 2.75) is 50.7 Å². The molecule has 3 atom stereocenters. The van der Waals surface area contributed by atoms with Crippen molar-refractivity contribution in [3.05, 3.63) is 35.9 Å². The number of nitrogens with one attached hydrogen (secondary N) is 1. The highest BCUT2D eigenvalue weighted by Crippen LogP contribution is 2.38. The van der Waals surface area contributed by atoms with Crippen LogP contribution in [0.5, 0.6) is 0 Å². The topological polar surface area (TPSA) is 21.3 Å². The Balaban J connectivity index is 2.14. The molecule has 1 aliphatic rings. The van der Waals surface area contributed by atoms with E-state index in [1.807, 2.05) is 7.11 Å². The summed E-state index contributed by atoms with van der Waals surface area (Å²) in [5, 5.41) is 3.51. The van der Waals surface area contributed by atoms with Crippen molar-refractivity contribution in [2.75, 3.05) is 14.2 Å². The summed E-state index contributed by atoms with van der Waals surface area (Å²) in [5.74, 6) is 0.764. The van der Waals surface area contributed by atoms with E-state index in [0.717, 1.165) is 12.3 Å². The number of hydrogen-bond donors (Lipinski definition) is 1. The van der Waals surface area contributed by atoms with E-state index in [1.165, 1.54) is 31.2 Å². The van der Waals surface area contributed by atoms with Crippen LogP contribution in [0.4, 0.5) is 0 Å². The van der Waals surface area contributed by atoms with Crippen molar-refractivity contribution in [2.24, 2.45) is 5.92 Å². The molecule has 1 fully saturated rings. The largest absolute Gasteiger partial charge is 0.377 e. The average molecular weight is 261 g/mol. The Kier molecular flexibility index (Phi) is 5.00. The van der Waals surface area contributed by atoms with Crippen molar-refractivity contribution in [1.29, 1.82) is 0 Å². The molecule has 0 bridgehead atoms. The number of likely N-dealkylation sites (N-methyl/N-ethyl adjacent to an activating group) is 1. The molecule has 1 aromatic rings. The van der Waals surface area contributed by atoms with Gasteiger partial charge in [0.2, 0.25) is 0 Å². The molecule has 3 unspecified atom stereocenters. The van der Waals surface area contributed by atoms with Crippen molar-refractivity contribution in [3.63, 3.8) is 0 Å². The summed E-state index contributed by atoms with van der Waals surface area (Å²) in [4.78, 5) is 0. The fraction of sp³-hybridized carbons (Fsp3) is 0.647. The zero-order chi connectivity index (χ0) is 13.7. The molecule has 2 heteroatoms. The quantitative estimate of drug-likeness (QED) is 0.877. The number of benzene rings is 1. The second-order valence-corrected chi connectivity index (χ2v) is 6.00. The second kappa shape index (κ2) is 6.53. The van der Waals surface area contributed by atoms with E-state index in [4.69, 9.17) is 4.74 Å². The van der Waals surface area contributed by atoms with E-state index in [-0.39, 0.29) is 5.60 Å². The van der Waals surface area contributed by atoms with Gasteiger partial charge in [-0.05, 0) is 37.8 Å². The van der Waals surface area contributed by atoms with E-state index >= 15 is 0 Å². The van der Waals surface area contributed by atoms with Crippen LogP contribution in [0.15, 0.2) is 30.3 Å². The minimum absolute atomic E-state index is 0.00224. The van der Waals surface area contributed by atoms with Crippen molar-refractivity contribution in [3.8, 4) is 0 Å². The second-order valence-electron chi connectivity index (χ2n) is 6.00. The molecule has 1 saturated carbocycles. The first-order chi connectivity index (χ1) is 9.20. The van der Waals surface area contributed by atoms with Gasteiger partial charge in [-0.2, -0.15) is 0 Å². The smallest absolute Gasteiger partial charge is 0.0836 e. The highest BCUT2D eigenvalue weighted by atomic mass is 16.5. The van der Waals surface area contributed by atoms with Gasteiger partial charge in [0, 0.05) is 13.2 Å². The van der Waals surface area contributed by atoms with Gasteiger partial charge in [0.15, 0.2) is 0 Å². The van der Waals surface area contributed by atoms with Gasteiger partial charge >= 0.3 is 0 Å². The first-order valence-electron chi connectivity index (χ1n) is 7.46. The summed E-state index contributed by atoms with van der Waals surface area (Å²) >= 11 is 0. The molecule has 1 aromatic carbocycles. The average Bonchev–Trinajstić information content (AvgIpc) is 2.45. The summed E-state index contributed by atoms with van der Waals surface area (Å²) in [5.41, 5.74) is 1.39. The van der Waals surface area contributed by atoms with Gasteiger partial charge < -0.3 is 10.1 Å². The van der Waals surface area contributed by atoms with Crippen LogP contribution in [0.2, 0.25) is 0 Å². The molecule has 0 radical (unpaired) electrons. The van der Waals surface area contributed by atoms with Crippen LogP contribution >= 0.6 is 0 Å². The zero-order valence-electron chi connectivity index (χ0n) is 12.5. The molecule has 2 nitrogen and oxygen atoms in total. The maximum atomic E-state index is 6.01. The molecule has 106 valence electrons. The van der Waals surface area contributed by atoms with Gasteiger partial charge in [-0.25, -0.2) is 0 Å². The van der Waals surface area contributed by atoms with Gasteiger partial charge in [0.25, 0.3) is 0 Å². The molecule has 2 rings (SSSR count). The third kappa shape index (κ3) is 3.37. The standard InChI is InChI=1S/C17H27NO/c1-14-8-7-11-17(13-14,19-3)16(18-2)12-15-9-5-4-6-10-15/h4-6,9-10,14,16,18H,7-8,11-13H2,1-3H3. The molecule has 0 aromatic heterocycles. The zero-order valence-corrected chi connectivity index (χ0v) is 12.5. The lowest BCUT2D eigenvalue weighted by molar-refractivity contribution is -0.0775. The monoisotopic (exact) mass is 261 g/mol. The summed E-state index contributed by atoms with van der Waals surface area (Å²) in [6, 6.07) is 11.1. The van der Waals surface area contributed by atoms with Crippen LogP contribution < -0.4 is 5.32 Å². The number of methoxy groups -OCH3 is 1. The minimum atomic E-state index is 0.00224. The minimum Gasteiger partial charge on any atom is -0.377 e. The van der Waals surface area contributed by atoms with Crippen LogP contribution in [0.3, 0.4) is 0 Å². The lowest BCUT2D eigenvalue weighted by atomic mass is 9.73. The fourth-order valence-corrected chi connectivity index (χ4v) is 3.59. The highest BCUT2D eigenvalue weighted by Gasteiger charge is 2.41. The number of ether oxygens (including phenoxy) is 1. The molecule has 1 N–H and O–H groups in total. The number of rotatable bonds is 5. The van der Waals surface area contributed by atoms with Gasteiger partial charge in [0.1, 0.15) is 0 Å². The molecule has 0 saturated heterocycles. The highest BCUT2D eigenvalue weighted by molar-refractivity contribution is 5.17. The molecule has 0 amide bonds. The summed E-state index contributed by atoms with van der Waals surface area (Å²) < 4.78 is 6.01. The van der Waals surface area contributed by atoms with E-state index in [2.05, 4.69) is 49.6 Å². The van der Waals surface area contributed by atoms with E-state index < -0.39 is 0 Å². The van der Waals surface area contributed by atoms with Crippen LogP contribution in [-0.2, 0) is 11.2 Å². The maximum absolute atomic E-state index is 6.01. The van der Waals surface area contributed by atoms with Gasteiger partial charge in [-0.15, -0.1) is 0 Å². The van der Waals surface area contributed by atoms with Gasteiger partial charge in [-0.1, -0.05) is 50.1 Å². The van der Waals surface area contributed by atoms with Crippen LogP contribution in [0.1, 0.15) is 38.2 Å². The Morgan fingerprint density at radius 2 is 2.11 bits per heavy atom. The summed E-state index contributed by atoms with van der Waals surface area (Å²) in [6.45, 7) is 2.35. The third-order valence-corrected chi connectivity index (χ3v) is 4.66. The maximum Gasteiger partial charge on any atom is 0.0836 e. The van der Waals surface area contributed by atoms with E-state index in [1.54, 1.807) is 0 Å².